The van der Waals surface area contributed by atoms with Crippen LogP contribution in [0.2, 0.25) is 0 Å². The molecule has 2 rings (SSSR count). The molecular formula is C30H46N2O7S2. The SMILES string of the molecule is CNCC[C@H](NCC(=O)CC[C@@H]1CC(C(=O)[C@@H](O)C(C)C)SSC(C[C@H](CO)Cc2ccc(O)cc2)C1=O)C(C)=O. The predicted octanol–water partition coefficient (Wildman–Crippen LogP) is 2.73. The summed E-state index contributed by atoms with van der Waals surface area (Å²) in [6.45, 7) is 5.57. The van der Waals surface area contributed by atoms with Crippen molar-refractivity contribution in [3.63, 3.8) is 0 Å². The van der Waals surface area contributed by atoms with Crippen molar-refractivity contribution in [1.29, 1.82) is 0 Å². The van der Waals surface area contributed by atoms with Crippen LogP contribution in [0, 0.1) is 17.8 Å². The highest BCUT2D eigenvalue weighted by molar-refractivity contribution is 8.77. The second-order valence-corrected chi connectivity index (χ2v) is 13.9. The lowest BCUT2D eigenvalue weighted by atomic mass is 9.85. The molecule has 1 aromatic carbocycles. The lowest BCUT2D eigenvalue weighted by Gasteiger charge is -2.22. The van der Waals surface area contributed by atoms with Crippen LogP contribution in [0.5, 0.6) is 5.75 Å². The van der Waals surface area contributed by atoms with Crippen LogP contribution in [0.4, 0.5) is 0 Å². The third-order valence-corrected chi connectivity index (χ3v) is 10.7. The molecule has 2 unspecified atom stereocenters. The highest BCUT2D eigenvalue weighted by Crippen LogP contribution is 2.44. The third kappa shape index (κ3) is 11.8. The molecule has 1 fully saturated rings. The maximum atomic E-state index is 13.8. The van der Waals surface area contributed by atoms with Crippen LogP contribution in [0.25, 0.3) is 0 Å². The van der Waals surface area contributed by atoms with Crippen molar-refractivity contribution in [2.45, 2.75) is 81.9 Å². The van der Waals surface area contributed by atoms with E-state index in [2.05, 4.69) is 10.6 Å². The van der Waals surface area contributed by atoms with Crippen LogP contribution in [0.1, 0.15) is 58.4 Å². The Morgan fingerprint density at radius 2 is 1.80 bits per heavy atom. The summed E-state index contributed by atoms with van der Waals surface area (Å²) in [5.41, 5.74) is 0.932. The van der Waals surface area contributed by atoms with Gasteiger partial charge in [-0.25, -0.2) is 0 Å². The maximum absolute atomic E-state index is 13.8. The second kappa shape index (κ2) is 18.0. The van der Waals surface area contributed by atoms with Gasteiger partial charge < -0.3 is 26.0 Å². The molecule has 5 N–H and O–H groups in total. The zero-order valence-corrected chi connectivity index (χ0v) is 26.1. The summed E-state index contributed by atoms with van der Waals surface area (Å²) < 4.78 is 0. The van der Waals surface area contributed by atoms with Gasteiger partial charge in [0.05, 0.1) is 23.1 Å². The van der Waals surface area contributed by atoms with Gasteiger partial charge in [0.1, 0.15) is 29.2 Å². The molecule has 11 heteroatoms. The standard InChI is InChI=1S/C30H46N2O7S2/c1-18(2)28(37)30(39)27-15-22(7-10-24(36)16-32-25(19(3)34)11-12-31-4)29(38)26(40-41-27)14-21(17-33)13-20-5-8-23(35)9-6-20/h5-6,8-9,18,21-22,25-28,31-33,35,37H,7,10-17H2,1-4H3/t21-,22-,25+,26?,27?,28+/m1/s1. The highest BCUT2D eigenvalue weighted by Gasteiger charge is 2.39. The number of ketones is 4. The minimum atomic E-state index is -1.13. The monoisotopic (exact) mass is 610 g/mol. The second-order valence-electron chi connectivity index (χ2n) is 11.3. The van der Waals surface area contributed by atoms with E-state index in [9.17, 15) is 34.5 Å². The summed E-state index contributed by atoms with van der Waals surface area (Å²) >= 11 is 0. The number of aliphatic hydroxyl groups is 2. The molecule has 1 aliphatic rings. The number of carbonyl (C=O) groups excluding carboxylic acids is 4. The van der Waals surface area contributed by atoms with Gasteiger partial charge in [0.2, 0.25) is 0 Å². The number of nitrogens with one attached hydrogen (secondary N) is 2. The van der Waals surface area contributed by atoms with Gasteiger partial charge in [-0.15, -0.1) is 0 Å². The molecule has 0 spiro atoms. The van der Waals surface area contributed by atoms with E-state index in [1.165, 1.54) is 28.5 Å². The third-order valence-electron chi connectivity index (χ3n) is 7.50. The fourth-order valence-corrected chi connectivity index (χ4v) is 8.14. The van der Waals surface area contributed by atoms with E-state index in [1.54, 1.807) is 45.2 Å². The minimum absolute atomic E-state index is 0.0233. The largest absolute Gasteiger partial charge is 0.508 e. The molecule has 0 bridgehead atoms. The quantitative estimate of drug-likeness (QED) is 0.156. The Bertz CT molecular complexity index is 1010. The Balaban J connectivity index is 2.12. The van der Waals surface area contributed by atoms with E-state index < -0.39 is 28.6 Å². The van der Waals surface area contributed by atoms with Crippen molar-refractivity contribution in [3.05, 3.63) is 29.8 Å². The number of phenols is 1. The van der Waals surface area contributed by atoms with Gasteiger partial charge in [0.15, 0.2) is 5.78 Å². The van der Waals surface area contributed by atoms with E-state index in [-0.39, 0.29) is 73.1 Å². The molecule has 9 nitrogen and oxygen atoms in total. The van der Waals surface area contributed by atoms with Crippen molar-refractivity contribution in [2.24, 2.45) is 17.8 Å². The molecular weight excluding hydrogens is 564 g/mol. The van der Waals surface area contributed by atoms with Gasteiger partial charge in [-0.2, -0.15) is 0 Å². The number of benzene rings is 1. The van der Waals surface area contributed by atoms with Gasteiger partial charge in [0.25, 0.3) is 0 Å². The van der Waals surface area contributed by atoms with Crippen molar-refractivity contribution in [1.82, 2.24) is 10.6 Å². The maximum Gasteiger partial charge on any atom is 0.175 e. The topological polar surface area (TPSA) is 153 Å². The lowest BCUT2D eigenvalue weighted by molar-refractivity contribution is -0.129. The molecule has 0 saturated carbocycles. The molecule has 6 atom stereocenters. The van der Waals surface area contributed by atoms with E-state index >= 15 is 0 Å². The number of Topliss-reactive ketones (excluding diaryl/α,β-unsaturated/α-hetero) is 4. The average molecular weight is 611 g/mol. The number of aromatic hydroxyl groups is 1. The Kier molecular flexibility index (Phi) is 15.6. The van der Waals surface area contributed by atoms with Gasteiger partial charge in [0, 0.05) is 18.9 Å². The zero-order valence-electron chi connectivity index (χ0n) is 24.5. The Morgan fingerprint density at radius 1 is 1.12 bits per heavy atom. The molecule has 1 saturated heterocycles. The van der Waals surface area contributed by atoms with E-state index in [4.69, 9.17) is 0 Å². The van der Waals surface area contributed by atoms with Gasteiger partial charge in [-0.05, 0) is 82.2 Å². The molecule has 0 aliphatic carbocycles. The fourth-order valence-electron chi connectivity index (χ4n) is 4.85. The number of carbonyl (C=O) groups is 4. The normalized spacial score (nSPS) is 21.7. The molecule has 41 heavy (non-hydrogen) atoms. The van der Waals surface area contributed by atoms with Crippen molar-refractivity contribution in [2.75, 3.05) is 26.7 Å². The van der Waals surface area contributed by atoms with Crippen LogP contribution in [-0.2, 0) is 25.6 Å². The first kappa shape index (κ1) is 35.4. The van der Waals surface area contributed by atoms with Crippen LogP contribution in [0.15, 0.2) is 24.3 Å². The summed E-state index contributed by atoms with van der Waals surface area (Å²) in [5.74, 6) is -1.35. The first-order valence-corrected chi connectivity index (χ1v) is 16.6. The van der Waals surface area contributed by atoms with E-state index in [1.807, 2.05) is 0 Å². The minimum Gasteiger partial charge on any atom is -0.508 e. The number of rotatable bonds is 18. The molecule has 0 amide bonds. The van der Waals surface area contributed by atoms with Crippen molar-refractivity contribution in [3.8, 4) is 5.75 Å². The summed E-state index contributed by atoms with van der Waals surface area (Å²) in [5, 5.41) is 35.1. The molecule has 0 radical (unpaired) electrons. The Labute approximate surface area is 251 Å². The highest BCUT2D eigenvalue weighted by atomic mass is 33.1. The molecule has 1 heterocycles. The van der Waals surface area contributed by atoms with Crippen LogP contribution >= 0.6 is 21.6 Å². The summed E-state index contributed by atoms with van der Waals surface area (Å²) in [4.78, 5) is 51.5. The number of hydrogen-bond acceptors (Lipinski definition) is 11. The van der Waals surface area contributed by atoms with Gasteiger partial charge >= 0.3 is 0 Å². The van der Waals surface area contributed by atoms with Crippen LogP contribution in [-0.4, -0.2) is 87.8 Å². The molecule has 0 aromatic heterocycles. The first-order chi connectivity index (χ1) is 19.5. The van der Waals surface area contributed by atoms with Crippen molar-refractivity contribution < 1.29 is 34.5 Å². The zero-order chi connectivity index (χ0) is 30.5. The molecule has 1 aromatic rings. The van der Waals surface area contributed by atoms with E-state index in [0.717, 1.165) is 5.56 Å². The van der Waals surface area contributed by atoms with Gasteiger partial charge in [-0.3, -0.25) is 19.2 Å². The van der Waals surface area contributed by atoms with Crippen LogP contribution in [0.3, 0.4) is 0 Å². The predicted molar refractivity (Wildman–Crippen MR) is 164 cm³/mol. The number of phenolic OH excluding ortho intramolecular Hbond substituents is 1. The summed E-state index contributed by atoms with van der Waals surface area (Å²) in [7, 11) is 4.42. The first-order valence-electron chi connectivity index (χ1n) is 14.3. The molecule has 1 aliphatic heterocycles. The lowest BCUT2D eigenvalue weighted by Crippen LogP contribution is -2.40. The van der Waals surface area contributed by atoms with Gasteiger partial charge in [-0.1, -0.05) is 47.6 Å². The van der Waals surface area contributed by atoms with Crippen LogP contribution < -0.4 is 10.6 Å². The summed E-state index contributed by atoms with van der Waals surface area (Å²) in [6, 6.07) is 6.32. The van der Waals surface area contributed by atoms with E-state index in [0.29, 0.717) is 25.8 Å². The number of hydrogen-bond donors (Lipinski definition) is 5. The smallest absolute Gasteiger partial charge is 0.175 e. The average Bonchev–Trinajstić information content (AvgIpc) is 3.09. The fraction of sp³-hybridized carbons (Fsp3) is 0.667. The van der Waals surface area contributed by atoms with Crippen molar-refractivity contribution >= 4 is 44.7 Å². The Morgan fingerprint density at radius 3 is 2.39 bits per heavy atom. The summed E-state index contributed by atoms with van der Waals surface area (Å²) in [6.07, 6.45) is 1.02. The number of aliphatic hydroxyl groups excluding tert-OH is 2. The molecule has 230 valence electrons. The Hall–Kier alpha value is -1.76.